The summed E-state index contributed by atoms with van der Waals surface area (Å²) >= 11 is 0. The Balaban J connectivity index is 1.32. The number of fused-ring (bicyclic) bond motifs is 7. The van der Waals surface area contributed by atoms with Gasteiger partial charge in [-0.1, -0.05) is 30.7 Å². The molecular formula is C25H26N2O2. The first-order valence-corrected chi connectivity index (χ1v) is 11.0. The number of nitrogens with one attached hydrogen (secondary N) is 1. The molecule has 1 aromatic heterocycles. The van der Waals surface area contributed by atoms with Crippen molar-refractivity contribution < 1.29 is 4.79 Å². The highest BCUT2D eigenvalue weighted by Gasteiger charge is 2.53. The molecule has 3 fully saturated rings. The molecule has 6 rings (SSSR count). The molecule has 3 aliphatic rings. The maximum absolute atomic E-state index is 13.1. The van der Waals surface area contributed by atoms with Crippen molar-refractivity contribution in [1.82, 2.24) is 9.88 Å². The molecule has 5 unspecified atom stereocenters. The summed E-state index contributed by atoms with van der Waals surface area (Å²) in [4.78, 5) is 26.0. The first-order chi connectivity index (χ1) is 14.2. The lowest BCUT2D eigenvalue weighted by Crippen LogP contribution is -2.43. The van der Waals surface area contributed by atoms with Crippen LogP contribution in [0.1, 0.15) is 32.1 Å². The molecule has 3 aromatic rings. The monoisotopic (exact) mass is 386 g/mol. The smallest absolute Gasteiger partial charge is 0.240 e. The van der Waals surface area contributed by atoms with Crippen LogP contribution in [0.3, 0.4) is 0 Å². The molecule has 0 aliphatic heterocycles. The summed E-state index contributed by atoms with van der Waals surface area (Å²) in [5, 5.41) is 4.73. The highest BCUT2D eigenvalue weighted by Crippen LogP contribution is 2.58. The number of carbonyl (C=O) groups is 1. The van der Waals surface area contributed by atoms with Crippen molar-refractivity contribution in [3.05, 3.63) is 58.8 Å². The minimum absolute atomic E-state index is 0.0354. The van der Waals surface area contributed by atoms with Gasteiger partial charge in [0.25, 0.3) is 0 Å². The van der Waals surface area contributed by atoms with Crippen LogP contribution < -0.4 is 10.7 Å². The second kappa shape index (κ2) is 6.45. The average Bonchev–Trinajstić information content (AvgIpc) is 3.45. The van der Waals surface area contributed by atoms with Gasteiger partial charge in [0.15, 0.2) is 5.43 Å². The lowest BCUT2D eigenvalue weighted by Gasteiger charge is -2.32. The number of pyridine rings is 1. The Hall–Kier alpha value is -2.62. The number of rotatable bonds is 3. The maximum Gasteiger partial charge on any atom is 0.240 e. The number of hydrogen-bond donors (Lipinski definition) is 1. The molecule has 1 heterocycles. The highest BCUT2D eigenvalue weighted by molar-refractivity contribution is 5.94. The summed E-state index contributed by atoms with van der Waals surface area (Å²) in [6.07, 6.45) is 6.60. The summed E-state index contributed by atoms with van der Waals surface area (Å²) in [7, 11) is 0. The quantitative estimate of drug-likeness (QED) is 0.689. The third-order valence-electron chi connectivity index (χ3n) is 7.96. The minimum atomic E-state index is 0.0354. The van der Waals surface area contributed by atoms with E-state index >= 15 is 0 Å². The Morgan fingerprint density at radius 1 is 0.897 bits per heavy atom. The summed E-state index contributed by atoms with van der Waals surface area (Å²) in [5.41, 5.74) is 1.69. The Labute approximate surface area is 169 Å². The molecule has 4 heteroatoms. The van der Waals surface area contributed by atoms with Crippen molar-refractivity contribution >= 4 is 27.7 Å². The molecule has 2 aromatic carbocycles. The number of para-hydroxylation sites is 2. The first-order valence-electron chi connectivity index (χ1n) is 11.0. The van der Waals surface area contributed by atoms with Crippen molar-refractivity contribution in [3.63, 3.8) is 0 Å². The van der Waals surface area contributed by atoms with Gasteiger partial charge in [-0.2, -0.15) is 0 Å². The van der Waals surface area contributed by atoms with E-state index in [1.807, 2.05) is 53.1 Å². The Morgan fingerprint density at radius 3 is 2.28 bits per heavy atom. The number of hydrogen-bond acceptors (Lipinski definition) is 2. The molecule has 5 atom stereocenters. The van der Waals surface area contributed by atoms with E-state index in [9.17, 15) is 9.59 Å². The van der Waals surface area contributed by atoms with Crippen molar-refractivity contribution in [2.75, 3.05) is 0 Å². The number of aromatic nitrogens is 1. The van der Waals surface area contributed by atoms with E-state index in [-0.39, 0.29) is 17.9 Å². The van der Waals surface area contributed by atoms with Gasteiger partial charge in [0.1, 0.15) is 6.54 Å². The lowest BCUT2D eigenvalue weighted by molar-refractivity contribution is -0.122. The van der Waals surface area contributed by atoms with Crippen LogP contribution in [0, 0.1) is 23.7 Å². The van der Waals surface area contributed by atoms with E-state index in [2.05, 4.69) is 5.32 Å². The van der Waals surface area contributed by atoms with E-state index in [4.69, 9.17) is 0 Å². The van der Waals surface area contributed by atoms with Gasteiger partial charge in [0.05, 0.1) is 11.0 Å². The van der Waals surface area contributed by atoms with Crippen LogP contribution >= 0.6 is 0 Å². The summed E-state index contributed by atoms with van der Waals surface area (Å²) in [6.45, 7) is 0.253. The fourth-order valence-corrected chi connectivity index (χ4v) is 6.88. The molecule has 0 radical (unpaired) electrons. The number of nitrogens with zero attached hydrogens (tertiary/aromatic N) is 1. The van der Waals surface area contributed by atoms with E-state index in [0.717, 1.165) is 35.2 Å². The van der Waals surface area contributed by atoms with E-state index in [0.29, 0.717) is 22.7 Å². The predicted octanol–water partition coefficient (Wildman–Crippen LogP) is 4.10. The third-order valence-corrected chi connectivity index (χ3v) is 7.96. The van der Waals surface area contributed by atoms with Crippen molar-refractivity contribution in [2.45, 2.75) is 44.7 Å². The molecule has 3 saturated carbocycles. The van der Waals surface area contributed by atoms with Crippen LogP contribution in [0.25, 0.3) is 21.8 Å². The van der Waals surface area contributed by atoms with Gasteiger partial charge < -0.3 is 9.88 Å². The summed E-state index contributed by atoms with van der Waals surface area (Å²) < 4.78 is 2.01. The number of benzene rings is 2. The molecule has 29 heavy (non-hydrogen) atoms. The zero-order valence-corrected chi connectivity index (χ0v) is 16.5. The SMILES string of the molecule is O=C(Cn1c2ccccc2c(=O)c2ccccc21)NC1CC2CC1C1CCCC21. The number of amides is 1. The molecule has 0 saturated heterocycles. The third kappa shape index (κ3) is 2.58. The molecule has 0 spiro atoms. The normalized spacial score (nSPS) is 30.1. The van der Waals surface area contributed by atoms with Crippen LogP contribution in [0.15, 0.2) is 53.3 Å². The van der Waals surface area contributed by atoms with Gasteiger partial charge in [0.2, 0.25) is 5.91 Å². The fraction of sp³-hybridized carbons (Fsp3) is 0.440. The molecule has 1 N–H and O–H groups in total. The van der Waals surface area contributed by atoms with Crippen molar-refractivity contribution in [2.24, 2.45) is 23.7 Å². The van der Waals surface area contributed by atoms with Gasteiger partial charge in [0, 0.05) is 16.8 Å². The van der Waals surface area contributed by atoms with Gasteiger partial charge >= 0.3 is 0 Å². The van der Waals surface area contributed by atoms with Gasteiger partial charge in [-0.25, -0.2) is 0 Å². The molecule has 148 valence electrons. The van der Waals surface area contributed by atoms with Gasteiger partial charge in [-0.15, -0.1) is 0 Å². The van der Waals surface area contributed by atoms with Crippen LogP contribution in [-0.2, 0) is 11.3 Å². The predicted molar refractivity (Wildman–Crippen MR) is 115 cm³/mol. The van der Waals surface area contributed by atoms with Crippen LogP contribution in [0.5, 0.6) is 0 Å². The van der Waals surface area contributed by atoms with Gasteiger partial charge in [-0.05, 0) is 73.6 Å². The Kier molecular flexibility index (Phi) is 3.84. The zero-order chi connectivity index (χ0) is 19.5. The average molecular weight is 386 g/mol. The van der Waals surface area contributed by atoms with E-state index in [1.54, 1.807) is 0 Å². The van der Waals surface area contributed by atoms with Crippen molar-refractivity contribution in [1.29, 1.82) is 0 Å². The molecule has 4 nitrogen and oxygen atoms in total. The van der Waals surface area contributed by atoms with E-state index < -0.39 is 0 Å². The summed E-state index contributed by atoms with van der Waals surface area (Å²) in [5.74, 6) is 3.34. The molecule has 3 aliphatic carbocycles. The second-order valence-electron chi connectivity index (χ2n) is 9.28. The standard InChI is InChI=1S/C25H26N2O2/c28-24(26-21-13-15-12-20(21)17-9-5-8-16(15)17)14-27-22-10-3-1-6-18(22)25(29)19-7-2-4-11-23(19)27/h1-4,6-7,10-11,15-17,20-21H,5,8-9,12-14H2,(H,26,28). The topological polar surface area (TPSA) is 51.1 Å². The summed E-state index contributed by atoms with van der Waals surface area (Å²) in [6, 6.07) is 15.6. The zero-order valence-electron chi connectivity index (χ0n) is 16.5. The Morgan fingerprint density at radius 2 is 1.55 bits per heavy atom. The van der Waals surface area contributed by atoms with Crippen molar-refractivity contribution in [3.8, 4) is 0 Å². The highest BCUT2D eigenvalue weighted by atomic mass is 16.2. The largest absolute Gasteiger partial charge is 0.352 e. The van der Waals surface area contributed by atoms with Crippen LogP contribution in [0.4, 0.5) is 0 Å². The van der Waals surface area contributed by atoms with E-state index in [1.165, 1.54) is 25.7 Å². The van der Waals surface area contributed by atoms with Crippen LogP contribution in [0.2, 0.25) is 0 Å². The van der Waals surface area contributed by atoms with Gasteiger partial charge in [-0.3, -0.25) is 9.59 Å². The second-order valence-corrected chi connectivity index (χ2v) is 9.28. The first kappa shape index (κ1) is 17.3. The Bertz CT molecular complexity index is 1120. The number of carbonyl (C=O) groups excluding carboxylic acids is 1. The lowest BCUT2D eigenvalue weighted by atomic mass is 9.79. The molecule has 1 amide bonds. The minimum Gasteiger partial charge on any atom is -0.352 e. The maximum atomic E-state index is 13.1. The molecule has 2 bridgehead atoms. The fourth-order valence-electron chi connectivity index (χ4n) is 6.88. The molecular weight excluding hydrogens is 360 g/mol. The van der Waals surface area contributed by atoms with Crippen LogP contribution in [-0.4, -0.2) is 16.5 Å².